The highest BCUT2D eigenvalue weighted by Crippen LogP contribution is 2.13. The number of hydrogen-bond acceptors (Lipinski definition) is 2. The lowest BCUT2D eigenvalue weighted by Crippen LogP contribution is -2.44. The molecule has 0 unspecified atom stereocenters. The van der Waals surface area contributed by atoms with Gasteiger partial charge in [-0.1, -0.05) is 13.8 Å². The van der Waals surface area contributed by atoms with Crippen LogP contribution in [0.4, 0.5) is 0 Å². The quantitative estimate of drug-likeness (QED) is 0.695. The summed E-state index contributed by atoms with van der Waals surface area (Å²) in [7, 11) is 0. The molecule has 0 aliphatic carbocycles. The third-order valence-electron chi connectivity index (χ3n) is 2.89. The number of piperidine rings is 1. The Morgan fingerprint density at radius 3 is 2.54 bits per heavy atom. The Balaban J connectivity index is 2.40. The molecule has 1 saturated heterocycles. The predicted octanol–water partition coefficient (Wildman–Crippen LogP) is 0.982. The van der Waals surface area contributed by atoms with Gasteiger partial charge in [0.15, 0.2) is 0 Å². The number of carbonyl (C=O) groups excluding carboxylic acids is 1. The molecular weight excluding hydrogens is 164 g/mol. The lowest BCUT2D eigenvalue weighted by Gasteiger charge is -2.31. The Morgan fingerprint density at radius 1 is 1.54 bits per heavy atom. The van der Waals surface area contributed by atoms with Crippen LogP contribution in [0.1, 0.15) is 33.1 Å². The first-order valence-corrected chi connectivity index (χ1v) is 5.19. The summed E-state index contributed by atoms with van der Waals surface area (Å²) in [5, 5.41) is 0. The van der Waals surface area contributed by atoms with Gasteiger partial charge < -0.3 is 10.6 Å². The minimum atomic E-state index is 0.175. The van der Waals surface area contributed by atoms with E-state index < -0.39 is 0 Å². The largest absolute Gasteiger partial charge is 0.342 e. The van der Waals surface area contributed by atoms with Crippen molar-refractivity contribution in [3.05, 3.63) is 0 Å². The molecule has 1 rings (SSSR count). The van der Waals surface area contributed by atoms with E-state index in [0.717, 1.165) is 32.4 Å². The van der Waals surface area contributed by atoms with E-state index in [9.17, 15) is 4.79 Å². The molecule has 0 saturated carbocycles. The molecule has 3 heteroatoms. The first-order chi connectivity index (χ1) is 6.15. The fourth-order valence-electron chi connectivity index (χ4n) is 1.61. The Bertz CT molecular complexity index is 174. The van der Waals surface area contributed by atoms with Gasteiger partial charge in [-0.15, -0.1) is 0 Å². The van der Waals surface area contributed by atoms with Crippen molar-refractivity contribution in [2.24, 2.45) is 11.7 Å². The van der Waals surface area contributed by atoms with Crippen molar-refractivity contribution in [2.45, 2.75) is 39.2 Å². The molecule has 0 aromatic rings. The molecule has 1 atom stereocenters. The second-order valence-corrected chi connectivity index (χ2v) is 3.97. The molecule has 0 spiro atoms. The molecule has 0 bridgehead atoms. The lowest BCUT2D eigenvalue weighted by atomic mass is 10.0. The average molecular weight is 184 g/mol. The summed E-state index contributed by atoms with van der Waals surface area (Å²) in [5.41, 5.74) is 5.77. The van der Waals surface area contributed by atoms with Gasteiger partial charge in [0.2, 0.25) is 5.91 Å². The Labute approximate surface area is 80.3 Å². The normalized spacial score (nSPS) is 21.6. The van der Waals surface area contributed by atoms with Gasteiger partial charge in [0.25, 0.3) is 0 Å². The minimum absolute atomic E-state index is 0.175. The number of amides is 1. The highest BCUT2D eigenvalue weighted by Gasteiger charge is 2.23. The number of nitrogens with zero attached hydrogens (tertiary/aromatic N) is 1. The fourth-order valence-corrected chi connectivity index (χ4v) is 1.61. The number of carbonyl (C=O) groups is 1. The van der Waals surface area contributed by atoms with Gasteiger partial charge in [0.1, 0.15) is 0 Å². The monoisotopic (exact) mass is 184 g/mol. The van der Waals surface area contributed by atoms with Crippen LogP contribution in [0.5, 0.6) is 0 Å². The van der Waals surface area contributed by atoms with E-state index in [-0.39, 0.29) is 5.92 Å². The third kappa shape index (κ3) is 2.69. The SMILES string of the molecule is CC[C@H](C)C(=O)N1CCC(N)CC1. The van der Waals surface area contributed by atoms with Gasteiger partial charge in [-0.05, 0) is 19.3 Å². The van der Waals surface area contributed by atoms with Gasteiger partial charge in [0.05, 0.1) is 0 Å². The van der Waals surface area contributed by atoms with Crippen LogP contribution in [-0.4, -0.2) is 29.9 Å². The Kier molecular flexibility index (Phi) is 3.72. The van der Waals surface area contributed by atoms with Crippen molar-refractivity contribution in [3.63, 3.8) is 0 Å². The number of hydrogen-bond donors (Lipinski definition) is 1. The molecule has 13 heavy (non-hydrogen) atoms. The van der Waals surface area contributed by atoms with Crippen LogP contribution in [0.3, 0.4) is 0 Å². The topological polar surface area (TPSA) is 46.3 Å². The summed E-state index contributed by atoms with van der Waals surface area (Å²) in [4.78, 5) is 13.7. The van der Waals surface area contributed by atoms with E-state index in [1.807, 2.05) is 11.8 Å². The highest BCUT2D eigenvalue weighted by molar-refractivity contribution is 5.78. The van der Waals surface area contributed by atoms with Gasteiger partial charge in [-0.2, -0.15) is 0 Å². The molecule has 0 radical (unpaired) electrons. The van der Waals surface area contributed by atoms with Crippen LogP contribution < -0.4 is 5.73 Å². The molecule has 1 aliphatic rings. The molecule has 76 valence electrons. The molecule has 1 fully saturated rings. The first kappa shape index (κ1) is 10.5. The predicted molar refractivity (Wildman–Crippen MR) is 53.2 cm³/mol. The zero-order chi connectivity index (χ0) is 9.84. The smallest absolute Gasteiger partial charge is 0.225 e. The molecule has 0 aromatic carbocycles. The molecule has 2 N–H and O–H groups in total. The van der Waals surface area contributed by atoms with Crippen molar-refractivity contribution in [3.8, 4) is 0 Å². The first-order valence-electron chi connectivity index (χ1n) is 5.19. The molecule has 0 aromatic heterocycles. The van der Waals surface area contributed by atoms with Crippen LogP contribution in [-0.2, 0) is 4.79 Å². The van der Waals surface area contributed by atoms with Crippen LogP contribution in [0.25, 0.3) is 0 Å². The maximum absolute atomic E-state index is 11.7. The zero-order valence-corrected chi connectivity index (χ0v) is 8.62. The number of nitrogens with two attached hydrogens (primary N) is 1. The third-order valence-corrected chi connectivity index (χ3v) is 2.89. The van der Waals surface area contributed by atoms with Crippen LogP contribution in [0, 0.1) is 5.92 Å². The van der Waals surface area contributed by atoms with E-state index >= 15 is 0 Å². The van der Waals surface area contributed by atoms with Crippen molar-refractivity contribution >= 4 is 5.91 Å². The van der Waals surface area contributed by atoms with Crippen molar-refractivity contribution in [1.82, 2.24) is 4.90 Å². The molecule has 1 heterocycles. The van der Waals surface area contributed by atoms with Crippen LogP contribution in [0.2, 0.25) is 0 Å². The average Bonchev–Trinajstić information content (AvgIpc) is 2.17. The van der Waals surface area contributed by atoms with Crippen LogP contribution in [0.15, 0.2) is 0 Å². The summed E-state index contributed by atoms with van der Waals surface area (Å²) in [6, 6.07) is 0.306. The fraction of sp³-hybridized carbons (Fsp3) is 0.900. The standard InChI is InChI=1S/C10H20N2O/c1-3-8(2)10(13)12-6-4-9(11)5-7-12/h8-9H,3-7,11H2,1-2H3/t8-/m0/s1. The Hall–Kier alpha value is -0.570. The number of likely N-dealkylation sites (tertiary alicyclic amines) is 1. The summed E-state index contributed by atoms with van der Waals surface area (Å²) in [6.45, 7) is 5.75. The molecule has 1 amide bonds. The van der Waals surface area contributed by atoms with E-state index in [1.54, 1.807) is 0 Å². The van der Waals surface area contributed by atoms with E-state index in [4.69, 9.17) is 5.73 Å². The summed E-state index contributed by atoms with van der Waals surface area (Å²) in [6.07, 6.45) is 2.85. The zero-order valence-electron chi connectivity index (χ0n) is 8.62. The highest BCUT2D eigenvalue weighted by atomic mass is 16.2. The number of rotatable bonds is 2. The minimum Gasteiger partial charge on any atom is -0.342 e. The van der Waals surface area contributed by atoms with E-state index in [1.165, 1.54) is 0 Å². The van der Waals surface area contributed by atoms with Gasteiger partial charge in [0, 0.05) is 25.0 Å². The van der Waals surface area contributed by atoms with Crippen molar-refractivity contribution < 1.29 is 4.79 Å². The summed E-state index contributed by atoms with van der Waals surface area (Å²) < 4.78 is 0. The second kappa shape index (κ2) is 4.61. The van der Waals surface area contributed by atoms with Crippen molar-refractivity contribution in [2.75, 3.05) is 13.1 Å². The maximum Gasteiger partial charge on any atom is 0.225 e. The van der Waals surface area contributed by atoms with E-state index in [0.29, 0.717) is 11.9 Å². The Morgan fingerprint density at radius 2 is 2.08 bits per heavy atom. The van der Waals surface area contributed by atoms with Gasteiger partial charge in [-0.3, -0.25) is 4.79 Å². The van der Waals surface area contributed by atoms with Crippen LogP contribution >= 0.6 is 0 Å². The maximum atomic E-state index is 11.7. The van der Waals surface area contributed by atoms with Gasteiger partial charge >= 0.3 is 0 Å². The second-order valence-electron chi connectivity index (χ2n) is 3.97. The van der Waals surface area contributed by atoms with Gasteiger partial charge in [-0.25, -0.2) is 0 Å². The molecular formula is C10H20N2O. The summed E-state index contributed by atoms with van der Waals surface area (Å²) in [5.74, 6) is 0.476. The lowest BCUT2D eigenvalue weighted by molar-refractivity contribution is -0.136. The van der Waals surface area contributed by atoms with Crippen molar-refractivity contribution in [1.29, 1.82) is 0 Å². The summed E-state index contributed by atoms with van der Waals surface area (Å²) >= 11 is 0. The van der Waals surface area contributed by atoms with E-state index in [2.05, 4.69) is 6.92 Å². The molecule has 1 aliphatic heterocycles. The molecule has 3 nitrogen and oxygen atoms in total.